The molecule has 2 aliphatic rings. The molecule has 2 fully saturated rings. The molecule has 2 saturated heterocycles. The molecule has 0 saturated carbocycles. The van der Waals surface area contributed by atoms with Crippen LogP contribution in [-0.4, -0.2) is 62.3 Å². The molecule has 8 heteroatoms. The van der Waals surface area contributed by atoms with Crippen LogP contribution in [-0.2, 0) is 15.7 Å². The molecular formula is C17H22F3N3O2. The smallest absolute Gasteiger partial charge is 0.375 e. The van der Waals surface area contributed by atoms with Gasteiger partial charge >= 0.3 is 6.18 Å². The summed E-state index contributed by atoms with van der Waals surface area (Å²) in [5, 5.41) is 3.18. The van der Waals surface area contributed by atoms with Crippen molar-refractivity contribution in [2.24, 2.45) is 0 Å². The second kappa shape index (κ2) is 7.21. The number of anilines is 1. The number of amides is 1. The summed E-state index contributed by atoms with van der Waals surface area (Å²) in [5.41, 5.74) is -0.115. The normalized spacial score (nSPS) is 25.1. The molecule has 1 N–H and O–H groups in total. The van der Waals surface area contributed by atoms with E-state index in [0.717, 1.165) is 12.1 Å². The molecule has 138 valence electrons. The van der Waals surface area contributed by atoms with Gasteiger partial charge in [-0.1, -0.05) is 6.07 Å². The number of rotatable bonds is 2. The Hall–Kier alpha value is -1.80. The van der Waals surface area contributed by atoms with Crippen LogP contribution in [0.1, 0.15) is 12.5 Å². The van der Waals surface area contributed by atoms with Crippen molar-refractivity contribution in [3.8, 4) is 0 Å². The predicted molar refractivity (Wildman–Crippen MR) is 87.4 cm³/mol. The lowest BCUT2D eigenvalue weighted by atomic mass is 10.1. The lowest BCUT2D eigenvalue weighted by Gasteiger charge is -2.39. The van der Waals surface area contributed by atoms with Crippen LogP contribution in [0, 0.1) is 0 Å². The minimum absolute atomic E-state index is 0.00380. The van der Waals surface area contributed by atoms with E-state index in [9.17, 15) is 18.0 Å². The number of ether oxygens (including phenoxy) is 1. The third kappa shape index (κ3) is 4.07. The zero-order valence-corrected chi connectivity index (χ0v) is 14.1. The molecule has 25 heavy (non-hydrogen) atoms. The number of piperazine rings is 1. The maximum absolute atomic E-state index is 12.9. The lowest BCUT2D eigenvalue weighted by Crippen LogP contribution is -2.59. The van der Waals surface area contributed by atoms with Crippen molar-refractivity contribution in [1.29, 1.82) is 0 Å². The second-order valence-corrected chi connectivity index (χ2v) is 6.37. The van der Waals surface area contributed by atoms with Crippen LogP contribution >= 0.6 is 0 Å². The Labute approximate surface area is 144 Å². The first-order valence-electron chi connectivity index (χ1n) is 8.42. The van der Waals surface area contributed by atoms with Gasteiger partial charge in [-0.3, -0.25) is 4.79 Å². The molecule has 2 aliphatic heterocycles. The highest BCUT2D eigenvalue weighted by Crippen LogP contribution is 2.31. The minimum Gasteiger partial charge on any atom is -0.375 e. The Kier molecular flexibility index (Phi) is 5.19. The van der Waals surface area contributed by atoms with Crippen molar-refractivity contribution >= 4 is 11.6 Å². The number of carbonyl (C=O) groups is 1. The van der Waals surface area contributed by atoms with Crippen LogP contribution in [0.2, 0.25) is 0 Å². The highest BCUT2D eigenvalue weighted by Gasteiger charge is 2.34. The molecule has 1 amide bonds. The summed E-state index contributed by atoms with van der Waals surface area (Å²) in [7, 11) is 0. The van der Waals surface area contributed by atoms with Crippen LogP contribution in [0.5, 0.6) is 0 Å². The zero-order valence-electron chi connectivity index (χ0n) is 14.1. The SMILES string of the molecule is C[C@H]1OCCN[C@@H]1C(=O)N1CCN(c2cccc(C(F)(F)F)c2)CC1. The molecule has 3 rings (SSSR count). The number of halogens is 3. The maximum atomic E-state index is 12.9. The number of nitrogens with zero attached hydrogens (tertiary/aromatic N) is 2. The van der Waals surface area contributed by atoms with Crippen LogP contribution < -0.4 is 10.2 Å². The van der Waals surface area contributed by atoms with Gasteiger partial charge in [0.05, 0.1) is 18.3 Å². The van der Waals surface area contributed by atoms with Crippen LogP contribution in [0.4, 0.5) is 18.9 Å². The number of benzene rings is 1. The van der Waals surface area contributed by atoms with E-state index in [-0.39, 0.29) is 18.1 Å². The van der Waals surface area contributed by atoms with E-state index in [1.165, 1.54) is 6.07 Å². The van der Waals surface area contributed by atoms with Crippen molar-refractivity contribution in [2.45, 2.75) is 25.2 Å². The van der Waals surface area contributed by atoms with Gasteiger partial charge in [0.25, 0.3) is 0 Å². The summed E-state index contributed by atoms with van der Waals surface area (Å²) in [5.74, 6) is -0.00380. The summed E-state index contributed by atoms with van der Waals surface area (Å²) in [6, 6.07) is 4.97. The van der Waals surface area contributed by atoms with Crippen LogP contribution in [0.25, 0.3) is 0 Å². The van der Waals surface area contributed by atoms with Crippen molar-refractivity contribution in [2.75, 3.05) is 44.2 Å². The average Bonchev–Trinajstić information content (AvgIpc) is 2.61. The molecule has 0 radical (unpaired) electrons. The first kappa shape index (κ1) is 18.0. The number of nitrogens with one attached hydrogen (secondary N) is 1. The monoisotopic (exact) mass is 357 g/mol. The molecule has 2 atom stereocenters. The fourth-order valence-electron chi connectivity index (χ4n) is 3.27. The third-order valence-corrected chi connectivity index (χ3v) is 4.71. The number of hydrogen-bond donors (Lipinski definition) is 1. The van der Waals surface area contributed by atoms with Gasteiger partial charge in [-0.15, -0.1) is 0 Å². The van der Waals surface area contributed by atoms with Crippen LogP contribution in [0.3, 0.4) is 0 Å². The van der Waals surface area contributed by atoms with E-state index in [0.29, 0.717) is 45.0 Å². The van der Waals surface area contributed by atoms with Gasteiger partial charge in [0.15, 0.2) is 0 Å². The highest BCUT2D eigenvalue weighted by molar-refractivity contribution is 5.83. The van der Waals surface area contributed by atoms with E-state index in [1.54, 1.807) is 11.0 Å². The van der Waals surface area contributed by atoms with Gasteiger partial charge in [0.1, 0.15) is 6.04 Å². The molecule has 2 heterocycles. The van der Waals surface area contributed by atoms with E-state index < -0.39 is 11.7 Å². The first-order valence-corrected chi connectivity index (χ1v) is 8.42. The predicted octanol–water partition coefficient (Wildman–Crippen LogP) is 1.73. The standard InChI is InChI=1S/C17H22F3N3O2/c1-12-15(21-5-10-25-12)16(24)23-8-6-22(7-9-23)14-4-2-3-13(11-14)17(18,19)20/h2-4,11-12,15,21H,5-10H2,1H3/t12-,15+/m1/s1. The lowest BCUT2D eigenvalue weighted by molar-refractivity contribution is -0.139. The number of morpholine rings is 1. The topological polar surface area (TPSA) is 44.8 Å². The summed E-state index contributed by atoms with van der Waals surface area (Å²) in [4.78, 5) is 16.2. The number of alkyl halides is 3. The fourth-order valence-corrected chi connectivity index (χ4v) is 3.27. The fraction of sp³-hybridized carbons (Fsp3) is 0.588. The average molecular weight is 357 g/mol. The molecule has 1 aromatic rings. The Morgan fingerprint density at radius 3 is 2.60 bits per heavy atom. The van der Waals surface area contributed by atoms with Crippen molar-refractivity contribution < 1.29 is 22.7 Å². The molecule has 0 spiro atoms. The van der Waals surface area contributed by atoms with Crippen molar-refractivity contribution in [3.63, 3.8) is 0 Å². The maximum Gasteiger partial charge on any atom is 0.416 e. The van der Waals surface area contributed by atoms with Gasteiger partial charge in [-0.05, 0) is 25.1 Å². The summed E-state index contributed by atoms with van der Waals surface area (Å²) in [6.45, 7) is 5.09. The Morgan fingerprint density at radius 2 is 1.96 bits per heavy atom. The number of carbonyl (C=O) groups excluding carboxylic acids is 1. The summed E-state index contributed by atoms with van der Waals surface area (Å²) < 4.78 is 44.1. The van der Waals surface area contributed by atoms with Crippen LogP contribution in [0.15, 0.2) is 24.3 Å². The van der Waals surface area contributed by atoms with Crippen molar-refractivity contribution in [3.05, 3.63) is 29.8 Å². The highest BCUT2D eigenvalue weighted by atomic mass is 19.4. The minimum atomic E-state index is -4.35. The molecule has 0 aliphatic carbocycles. The van der Waals surface area contributed by atoms with Gasteiger partial charge < -0.3 is 19.9 Å². The van der Waals surface area contributed by atoms with Gasteiger partial charge in [0.2, 0.25) is 5.91 Å². The van der Waals surface area contributed by atoms with Gasteiger partial charge in [-0.25, -0.2) is 0 Å². The molecule has 0 bridgehead atoms. The van der Waals surface area contributed by atoms with E-state index in [1.807, 2.05) is 11.8 Å². The molecule has 0 aromatic heterocycles. The van der Waals surface area contributed by atoms with E-state index in [2.05, 4.69) is 5.32 Å². The quantitative estimate of drug-likeness (QED) is 0.876. The molecular weight excluding hydrogens is 335 g/mol. The Balaban J connectivity index is 1.61. The van der Waals surface area contributed by atoms with E-state index >= 15 is 0 Å². The Morgan fingerprint density at radius 1 is 1.24 bits per heavy atom. The second-order valence-electron chi connectivity index (χ2n) is 6.37. The third-order valence-electron chi connectivity index (χ3n) is 4.71. The summed E-state index contributed by atoms with van der Waals surface area (Å²) >= 11 is 0. The zero-order chi connectivity index (χ0) is 18.0. The molecule has 0 unspecified atom stereocenters. The van der Waals surface area contributed by atoms with Gasteiger partial charge in [-0.2, -0.15) is 13.2 Å². The number of hydrogen-bond acceptors (Lipinski definition) is 4. The molecule has 5 nitrogen and oxygen atoms in total. The molecule has 1 aromatic carbocycles. The first-order chi connectivity index (χ1) is 11.9. The van der Waals surface area contributed by atoms with E-state index in [4.69, 9.17) is 4.74 Å². The Bertz CT molecular complexity index is 615. The largest absolute Gasteiger partial charge is 0.416 e. The van der Waals surface area contributed by atoms with Crippen molar-refractivity contribution in [1.82, 2.24) is 10.2 Å². The van der Waals surface area contributed by atoms with Gasteiger partial charge in [0, 0.05) is 38.4 Å². The summed E-state index contributed by atoms with van der Waals surface area (Å²) in [6.07, 6.45) is -4.53.